The number of hydrogen-bond acceptors (Lipinski definition) is 7. The van der Waals surface area contributed by atoms with E-state index in [0.29, 0.717) is 0 Å². The largest absolute Gasteiger partial charge is 0.358 e. The zero-order valence-electron chi connectivity index (χ0n) is 15.3. The van der Waals surface area contributed by atoms with Crippen LogP contribution in [-0.2, 0) is 0 Å². The van der Waals surface area contributed by atoms with Gasteiger partial charge in [-0.2, -0.15) is 0 Å². The number of nitrogens with one attached hydrogen (secondary N) is 1. The van der Waals surface area contributed by atoms with Crippen molar-refractivity contribution < 1.29 is 9.85 Å². The van der Waals surface area contributed by atoms with E-state index in [9.17, 15) is 20.2 Å². The van der Waals surface area contributed by atoms with Gasteiger partial charge in [0.25, 0.3) is 0 Å². The number of hydrogen-bond donors (Lipinski definition) is 1. The predicted molar refractivity (Wildman–Crippen MR) is 115 cm³/mol. The van der Waals surface area contributed by atoms with Gasteiger partial charge in [-0.3, -0.25) is 20.2 Å². The van der Waals surface area contributed by atoms with E-state index in [1.54, 1.807) is 0 Å². The van der Waals surface area contributed by atoms with Crippen LogP contribution in [0.1, 0.15) is 18.5 Å². The zero-order valence-corrected chi connectivity index (χ0v) is 17.6. The maximum atomic E-state index is 10.9. The number of nitro groups is 2. The van der Waals surface area contributed by atoms with Crippen molar-refractivity contribution in [2.75, 3.05) is 5.32 Å². The molecule has 30 heavy (non-hydrogen) atoms. The second-order valence-electron chi connectivity index (χ2n) is 5.74. The first-order valence-electron chi connectivity index (χ1n) is 8.28. The van der Waals surface area contributed by atoms with Crippen molar-refractivity contribution in [1.29, 1.82) is 0 Å². The molecule has 3 rings (SSSR count). The van der Waals surface area contributed by atoms with E-state index < -0.39 is 9.85 Å². The van der Waals surface area contributed by atoms with E-state index in [-0.39, 0.29) is 38.7 Å². The highest BCUT2D eigenvalue weighted by atomic mass is 35.5. The van der Waals surface area contributed by atoms with Crippen LogP contribution in [0.4, 0.5) is 17.2 Å². The highest BCUT2D eigenvalue weighted by Crippen LogP contribution is 2.27. The standard InChI is InChI=1S/C13H12ClN3O2.C5H2Cl2N2O2/c1-9(10-5-3-2-4-6-10)15-13-11(17(18)19)7-8-12(14)16-13;6-4-2-1-3(9(10)11)5(7)8-4/h2-9H,1H3,(H,15,16);1-2H. The molecule has 1 unspecified atom stereocenters. The van der Waals surface area contributed by atoms with E-state index in [0.717, 1.165) is 5.56 Å². The Bertz CT molecular complexity index is 1050. The lowest BCUT2D eigenvalue weighted by Crippen LogP contribution is -2.09. The Morgan fingerprint density at radius 3 is 1.90 bits per heavy atom. The lowest BCUT2D eigenvalue weighted by Gasteiger charge is -2.14. The highest BCUT2D eigenvalue weighted by Gasteiger charge is 2.18. The van der Waals surface area contributed by atoms with E-state index >= 15 is 0 Å². The third-order valence-electron chi connectivity index (χ3n) is 3.68. The molecule has 0 amide bonds. The molecule has 0 fully saturated rings. The van der Waals surface area contributed by atoms with Crippen LogP contribution >= 0.6 is 34.8 Å². The Labute approximate surface area is 185 Å². The van der Waals surface area contributed by atoms with Crippen molar-refractivity contribution in [3.63, 3.8) is 0 Å². The molecule has 9 nitrogen and oxygen atoms in total. The smallest absolute Gasteiger partial charge is 0.311 e. The van der Waals surface area contributed by atoms with Gasteiger partial charge in [-0.05, 0) is 24.6 Å². The summed E-state index contributed by atoms with van der Waals surface area (Å²) in [5, 5.41) is 24.3. The summed E-state index contributed by atoms with van der Waals surface area (Å²) in [5.41, 5.74) is 0.682. The number of anilines is 1. The summed E-state index contributed by atoms with van der Waals surface area (Å²) in [6.45, 7) is 1.90. The Kier molecular flexibility index (Phi) is 8.28. The molecule has 1 atom stereocenters. The number of nitrogens with zero attached hydrogens (tertiary/aromatic N) is 4. The van der Waals surface area contributed by atoms with Crippen molar-refractivity contribution in [3.05, 3.63) is 95.8 Å². The number of rotatable bonds is 5. The molecule has 0 aliphatic carbocycles. The van der Waals surface area contributed by atoms with Crippen molar-refractivity contribution in [1.82, 2.24) is 9.97 Å². The number of halogens is 3. The Hall–Kier alpha value is -3.01. The monoisotopic (exact) mass is 469 g/mol. The molecular weight excluding hydrogens is 457 g/mol. The van der Waals surface area contributed by atoms with Crippen LogP contribution in [0.15, 0.2) is 54.6 Å². The summed E-state index contributed by atoms with van der Waals surface area (Å²) >= 11 is 16.6. The molecule has 12 heteroatoms. The summed E-state index contributed by atoms with van der Waals surface area (Å²) < 4.78 is 0. The molecule has 0 aliphatic heterocycles. The minimum atomic E-state index is -0.619. The van der Waals surface area contributed by atoms with E-state index in [4.69, 9.17) is 34.8 Å². The molecule has 3 aromatic rings. The second kappa shape index (κ2) is 10.7. The Balaban J connectivity index is 0.000000248. The molecule has 1 aromatic carbocycles. The summed E-state index contributed by atoms with van der Waals surface area (Å²) in [4.78, 5) is 27.5. The van der Waals surface area contributed by atoms with Gasteiger partial charge < -0.3 is 5.32 Å². The van der Waals surface area contributed by atoms with Gasteiger partial charge in [-0.1, -0.05) is 65.1 Å². The SMILES string of the molecule is CC(Nc1nc(Cl)ccc1[N+](=O)[O-])c1ccccc1.O=[N+]([O-])c1ccc(Cl)nc1Cl. The van der Waals surface area contributed by atoms with Crippen molar-refractivity contribution in [2.45, 2.75) is 13.0 Å². The molecule has 156 valence electrons. The molecule has 0 saturated carbocycles. The van der Waals surface area contributed by atoms with Crippen molar-refractivity contribution in [3.8, 4) is 0 Å². The van der Waals surface area contributed by atoms with Crippen LogP contribution in [0.2, 0.25) is 15.5 Å². The molecule has 0 radical (unpaired) electrons. The van der Waals surface area contributed by atoms with Crippen LogP contribution in [-0.4, -0.2) is 19.8 Å². The van der Waals surface area contributed by atoms with Crippen LogP contribution < -0.4 is 5.32 Å². The number of pyridine rings is 2. The van der Waals surface area contributed by atoms with Crippen LogP contribution in [0, 0.1) is 20.2 Å². The average Bonchev–Trinajstić information content (AvgIpc) is 2.68. The van der Waals surface area contributed by atoms with Gasteiger partial charge >= 0.3 is 11.4 Å². The Morgan fingerprint density at radius 2 is 1.37 bits per heavy atom. The van der Waals surface area contributed by atoms with Gasteiger partial charge in [0.05, 0.1) is 15.9 Å². The molecule has 0 saturated heterocycles. The maximum absolute atomic E-state index is 10.9. The fourth-order valence-corrected chi connectivity index (χ4v) is 2.81. The molecule has 2 aromatic heterocycles. The minimum absolute atomic E-state index is 0.0906. The maximum Gasteiger partial charge on any atom is 0.311 e. The quantitative estimate of drug-likeness (QED) is 0.271. The van der Waals surface area contributed by atoms with Gasteiger partial charge in [0.15, 0.2) is 0 Å². The topological polar surface area (TPSA) is 124 Å². The Morgan fingerprint density at radius 1 is 0.833 bits per heavy atom. The third-order valence-corrected chi connectivity index (χ3v) is 4.38. The van der Waals surface area contributed by atoms with Crippen molar-refractivity contribution >= 4 is 52.0 Å². The average molecular weight is 471 g/mol. The summed E-state index contributed by atoms with van der Waals surface area (Å²) in [5.74, 6) is 0.175. The van der Waals surface area contributed by atoms with Gasteiger partial charge in [0.1, 0.15) is 10.3 Å². The van der Waals surface area contributed by atoms with Gasteiger partial charge in [0.2, 0.25) is 11.0 Å². The minimum Gasteiger partial charge on any atom is -0.358 e. The lowest BCUT2D eigenvalue weighted by atomic mass is 10.1. The van der Waals surface area contributed by atoms with Crippen LogP contribution in [0.5, 0.6) is 0 Å². The van der Waals surface area contributed by atoms with Crippen molar-refractivity contribution in [2.24, 2.45) is 0 Å². The highest BCUT2D eigenvalue weighted by molar-refractivity contribution is 6.33. The number of aromatic nitrogens is 2. The van der Waals surface area contributed by atoms with E-state index in [2.05, 4.69) is 15.3 Å². The van der Waals surface area contributed by atoms with Crippen LogP contribution in [0.25, 0.3) is 0 Å². The molecule has 0 bridgehead atoms. The molecule has 2 heterocycles. The number of benzene rings is 1. The first kappa shape index (κ1) is 23.3. The molecule has 1 N–H and O–H groups in total. The third kappa shape index (κ3) is 6.51. The predicted octanol–water partition coefficient (Wildman–Crippen LogP) is 6.11. The molecular formula is C18H14Cl3N5O4. The molecule has 0 aliphatic rings. The van der Waals surface area contributed by atoms with Gasteiger partial charge in [0, 0.05) is 12.1 Å². The molecule has 0 spiro atoms. The first-order valence-corrected chi connectivity index (χ1v) is 9.41. The summed E-state index contributed by atoms with van der Waals surface area (Å²) in [6.07, 6.45) is 0. The van der Waals surface area contributed by atoms with Gasteiger partial charge in [-0.15, -0.1) is 0 Å². The second-order valence-corrected chi connectivity index (χ2v) is 6.87. The first-order chi connectivity index (χ1) is 14.2. The van der Waals surface area contributed by atoms with Crippen LogP contribution in [0.3, 0.4) is 0 Å². The van der Waals surface area contributed by atoms with Gasteiger partial charge in [-0.25, -0.2) is 9.97 Å². The zero-order chi connectivity index (χ0) is 22.3. The summed E-state index contributed by atoms with van der Waals surface area (Å²) in [7, 11) is 0. The fourth-order valence-electron chi connectivity index (χ4n) is 2.25. The lowest BCUT2D eigenvalue weighted by molar-refractivity contribution is -0.385. The van der Waals surface area contributed by atoms with E-state index in [1.807, 2.05) is 37.3 Å². The van der Waals surface area contributed by atoms with E-state index in [1.165, 1.54) is 24.3 Å². The fraction of sp³-hybridized carbons (Fsp3) is 0.111. The summed E-state index contributed by atoms with van der Waals surface area (Å²) in [6, 6.07) is 14.8. The normalized spacial score (nSPS) is 11.1.